The van der Waals surface area contributed by atoms with E-state index in [2.05, 4.69) is 11.6 Å². The second-order valence-corrected chi connectivity index (χ2v) is 7.72. The molecule has 20 heavy (non-hydrogen) atoms. The molecule has 0 spiro atoms. The summed E-state index contributed by atoms with van der Waals surface area (Å²) in [7, 11) is -3.47. The van der Waals surface area contributed by atoms with Gasteiger partial charge in [-0.3, -0.25) is 0 Å². The van der Waals surface area contributed by atoms with Crippen molar-refractivity contribution in [2.45, 2.75) is 57.4 Å². The normalized spacial score (nSPS) is 23.8. The van der Waals surface area contributed by atoms with Crippen LogP contribution in [-0.4, -0.2) is 14.5 Å². The lowest BCUT2D eigenvalue weighted by Crippen LogP contribution is -2.38. The Morgan fingerprint density at radius 2 is 1.80 bits per heavy atom. The summed E-state index contributed by atoms with van der Waals surface area (Å²) in [6, 6.07) is 3.48. The lowest BCUT2D eigenvalue weighted by molar-refractivity contribution is 0.327. The molecular formula is C15H24N2O2S. The predicted molar refractivity (Wildman–Crippen MR) is 82.1 cm³/mol. The van der Waals surface area contributed by atoms with Crippen LogP contribution in [0.5, 0.6) is 0 Å². The average Bonchev–Trinajstić information content (AvgIpc) is 2.25. The number of nitrogen functional groups attached to an aromatic ring is 1. The van der Waals surface area contributed by atoms with Crippen LogP contribution in [0.25, 0.3) is 0 Å². The number of anilines is 1. The van der Waals surface area contributed by atoms with E-state index < -0.39 is 10.0 Å². The maximum atomic E-state index is 12.6. The Hall–Kier alpha value is -1.07. The molecule has 112 valence electrons. The lowest BCUT2D eigenvalue weighted by atomic mass is 9.88. The van der Waals surface area contributed by atoms with Gasteiger partial charge in [-0.1, -0.05) is 19.8 Å². The van der Waals surface area contributed by atoms with Crippen molar-refractivity contribution in [3.8, 4) is 0 Å². The minimum atomic E-state index is -3.47. The van der Waals surface area contributed by atoms with Gasteiger partial charge in [-0.15, -0.1) is 0 Å². The summed E-state index contributed by atoms with van der Waals surface area (Å²) in [5.74, 6) is 0.588. The van der Waals surface area contributed by atoms with Gasteiger partial charge in [-0.25, -0.2) is 13.1 Å². The third kappa shape index (κ3) is 3.33. The first-order valence-electron chi connectivity index (χ1n) is 7.18. The van der Waals surface area contributed by atoms with Crippen LogP contribution in [0.4, 0.5) is 5.69 Å². The number of rotatable bonds is 3. The largest absolute Gasteiger partial charge is 0.399 e. The van der Waals surface area contributed by atoms with Gasteiger partial charge in [0.25, 0.3) is 0 Å². The number of benzene rings is 1. The van der Waals surface area contributed by atoms with Crippen molar-refractivity contribution in [3.63, 3.8) is 0 Å². The second-order valence-electron chi connectivity index (χ2n) is 6.07. The zero-order valence-corrected chi connectivity index (χ0v) is 13.3. The summed E-state index contributed by atoms with van der Waals surface area (Å²) in [4.78, 5) is 0.380. The molecule has 1 aliphatic rings. The molecule has 0 amide bonds. The van der Waals surface area contributed by atoms with E-state index in [0.29, 0.717) is 27.6 Å². The van der Waals surface area contributed by atoms with Gasteiger partial charge in [0.2, 0.25) is 10.0 Å². The molecule has 2 atom stereocenters. The summed E-state index contributed by atoms with van der Waals surface area (Å²) in [6.07, 6.45) is 4.13. The van der Waals surface area contributed by atoms with Gasteiger partial charge in [-0.05, 0) is 55.9 Å². The van der Waals surface area contributed by atoms with Crippen LogP contribution >= 0.6 is 0 Å². The highest BCUT2D eigenvalue weighted by Crippen LogP contribution is 2.27. The van der Waals surface area contributed by atoms with E-state index >= 15 is 0 Å². The Labute approximate surface area is 121 Å². The van der Waals surface area contributed by atoms with Crippen LogP contribution in [0.3, 0.4) is 0 Å². The van der Waals surface area contributed by atoms with Gasteiger partial charge in [0, 0.05) is 11.7 Å². The molecule has 1 aliphatic carbocycles. The third-order valence-corrected chi connectivity index (χ3v) is 5.83. The van der Waals surface area contributed by atoms with Crippen molar-refractivity contribution in [2.75, 3.05) is 5.73 Å². The van der Waals surface area contributed by atoms with Gasteiger partial charge in [0.05, 0.1) is 4.90 Å². The predicted octanol–water partition coefficient (Wildman–Crippen LogP) is 2.74. The van der Waals surface area contributed by atoms with Crippen molar-refractivity contribution in [3.05, 3.63) is 23.3 Å². The fraction of sp³-hybridized carbons (Fsp3) is 0.600. The average molecular weight is 296 g/mol. The molecule has 5 heteroatoms. The number of sulfonamides is 1. The Balaban J connectivity index is 2.27. The zero-order valence-electron chi connectivity index (χ0n) is 12.4. The quantitative estimate of drug-likeness (QED) is 0.842. The van der Waals surface area contributed by atoms with Crippen LogP contribution in [0.15, 0.2) is 17.0 Å². The van der Waals surface area contributed by atoms with Gasteiger partial charge < -0.3 is 5.73 Å². The molecule has 0 bridgehead atoms. The van der Waals surface area contributed by atoms with Crippen molar-refractivity contribution in [1.82, 2.24) is 4.72 Å². The van der Waals surface area contributed by atoms with Crippen molar-refractivity contribution >= 4 is 15.7 Å². The van der Waals surface area contributed by atoms with E-state index in [-0.39, 0.29) is 6.04 Å². The number of hydrogen-bond acceptors (Lipinski definition) is 3. The fourth-order valence-corrected chi connectivity index (χ4v) is 4.96. The van der Waals surface area contributed by atoms with E-state index in [9.17, 15) is 8.42 Å². The van der Waals surface area contributed by atoms with Crippen LogP contribution in [0.1, 0.15) is 43.7 Å². The van der Waals surface area contributed by atoms with E-state index in [1.165, 1.54) is 6.42 Å². The van der Waals surface area contributed by atoms with Gasteiger partial charge >= 0.3 is 0 Å². The van der Waals surface area contributed by atoms with E-state index in [0.717, 1.165) is 19.3 Å². The lowest BCUT2D eigenvalue weighted by Gasteiger charge is -2.27. The summed E-state index contributed by atoms with van der Waals surface area (Å²) in [5.41, 5.74) is 7.78. The molecule has 0 saturated heterocycles. The Kier molecular flexibility index (Phi) is 4.39. The van der Waals surface area contributed by atoms with E-state index in [1.807, 2.05) is 0 Å². The number of nitrogens with one attached hydrogen (secondary N) is 1. The monoisotopic (exact) mass is 296 g/mol. The fourth-order valence-electron chi connectivity index (χ4n) is 3.23. The number of hydrogen-bond donors (Lipinski definition) is 2. The molecule has 0 aromatic heterocycles. The molecule has 3 N–H and O–H groups in total. The Morgan fingerprint density at radius 3 is 2.35 bits per heavy atom. The number of nitrogens with two attached hydrogens (primary N) is 1. The summed E-state index contributed by atoms with van der Waals surface area (Å²) in [6.45, 7) is 5.77. The minimum Gasteiger partial charge on any atom is -0.399 e. The van der Waals surface area contributed by atoms with Crippen molar-refractivity contribution in [1.29, 1.82) is 0 Å². The molecule has 2 unspecified atom stereocenters. The molecule has 2 rings (SSSR count). The second kappa shape index (κ2) is 5.74. The standard InChI is InChI=1S/C15H24N2O2S/c1-10-5-4-6-14(7-10)17-20(18,19)15-11(2)8-13(16)9-12(15)3/h8-10,14,17H,4-7,16H2,1-3H3. The van der Waals surface area contributed by atoms with Crippen LogP contribution in [0.2, 0.25) is 0 Å². The molecular weight excluding hydrogens is 272 g/mol. The van der Waals surface area contributed by atoms with E-state index in [1.54, 1.807) is 26.0 Å². The Bertz CT molecular complexity index is 573. The summed E-state index contributed by atoms with van der Waals surface area (Å²) in [5, 5.41) is 0. The molecule has 4 nitrogen and oxygen atoms in total. The summed E-state index contributed by atoms with van der Waals surface area (Å²) >= 11 is 0. The van der Waals surface area contributed by atoms with Crippen LogP contribution in [0, 0.1) is 19.8 Å². The van der Waals surface area contributed by atoms with Crippen molar-refractivity contribution < 1.29 is 8.42 Å². The van der Waals surface area contributed by atoms with Crippen LogP contribution in [-0.2, 0) is 10.0 Å². The highest BCUT2D eigenvalue weighted by Gasteiger charge is 2.26. The first-order chi connectivity index (χ1) is 9.29. The molecule has 0 heterocycles. The smallest absolute Gasteiger partial charge is 0.241 e. The minimum absolute atomic E-state index is 0.0557. The van der Waals surface area contributed by atoms with Crippen molar-refractivity contribution in [2.24, 2.45) is 5.92 Å². The summed E-state index contributed by atoms with van der Waals surface area (Å²) < 4.78 is 28.1. The molecule has 0 radical (unpaired) electrons. The molecule has 1 fully saturated rings. The molecule has 1 aromatic rings. The van der Waals surface area contributed by atoms with Gasteiger partial charge in [0.15, 0.2) is 0 Å². The van der Waals surface area contributed by atoms with Crippen LogP contribution < -0.4 is 10.5 Å². The van der Waals surface area contributed by atoms with Gasteiger partial charge in [-0.2, -0.15) is 0 Å². The molecule has 0 aliphatic heterocycles. The highest BCUT2D eigenvalue weighted by molar-refractivity contribution is 7.89. The number of aryl methyl sites for hydroxylation is 2. The highest BCUT2D eigenvalue weighted by atomic mass is 32.2. The van der Waals surface area contributed by atoms with E-state index in [4.69, 9.17) is 5.73 Å². The first-order valence-corrected chi connectivity index (χ1v) is 8.67. The Morgan fingerprint density at radius 1 is 1.20 bits per heavy atom. The maximum Gasteiger partial charge on any atom is 0.241 e. The zero-order chi connectivity index (χ0) is 14.9. The maximum absolute atomic E-state index is 12.6. The first kappa shape index (κ1) is 15.3. The third-order valence-electron chi connectivity index (χ3n) is 4.01. The molecule has 1 aromatic carbocycles. The SMILES string of the molecule is Cc1cc(N)cc(C)c1S(=O)(=O)NC1CCCC(C)C1. The molecule has 1 saturated carbocycles. The van der Waals surface area contributed by atoms with Gasteiger partial charge in [0.1, 0.15) is 0 Å². The topological polar surface area (TPSA) is 72.2 Å².